The number of benzene rings is 1. The van der Waals surface area contributed by atoms with Gasteiger partial charge in [-0.2, -0.15) is 0 Å². The van der Waals surface area contributed by atoms with Crippen LogP contribution in [-0.2, 0) is 9.52 Å². The van der Waals surface area contributed by atoms with Gasteiger partial charge in [0.25, 0.3) is 0 Å². The molecule has 34 heavy (non-hydrogen) atoms. The Bertz CT molecular complexity index is 1050. The van der Waals surface area contributed by atoms with Crippen LogP contribution in [0.3, 0.4) is 0 Å². The molecule has 0 amide bonds. The van der Waals surface area contributed by atoms with Gasteiger partial charge in [-0.15, -0.1) is 0 Å². The van der Waals surface area contributed by atoms with Crippen molar-refractivity contribution in [2.24, 2.45) is 23.2 Å². The summed E-state index contributed by atoms with van der Waals surface area (Å²) in [5.41, 5.74) is 3.54. The van der Waals surface area contributed by atoms with Crippen molar-refractivity contribution in [3.8, 4) is 0 Å². The van der Waals surface area contributed by atoms with Crippen LogP contribution in [0.2, 0.25) is 0 Å². The quantitative estimate of drug-likeness (QED) is 0.494. The molecule has 0 bridgehead atoms. The molecule has 4 rings (SSSR count). The Morgan fingerprint density at radius 3 is 2.68 bits per heavy atom. The zero-order valence-electron chi connectivity index (χ0n) is 20.9. The number of allylic oxidation sites excluding steroid dienone is 3. The SMILES string of the molecule is C=C1/C(=C\C=C2/CCC[C@]3(C)[C@@H]([C@H](C)CCS(=C)(=O)c4ccccc4)CC[C@@H]23)C[C@@H](O)C[C@@H]1O. The van der Waals surface area contributed by atoms with Gasteiger partial charge in [0.05, 0.1) is 12.2 Å². The fourth-order valence-corrected chi connectivity index (χ4v) is 8.68. The Morgan fingerprint density at radius 1 is 1.21 bits per heavy atom. The summed E-state index contributed by atoms with van der Waals surface area (Å²) in [5.74, 6) is 6.48. The average Bonchev–Trinajstić information content (AvgIpc) is 3.17. The molecule has 7 atom stereocenters. The van der Waals surface area contributed by atoms with Gasteiger partial charge in [0, 0.05) is 17.1 Å². The molecule has 0 heterocycles. The van der Waals surface area contributed by atoms with Crippen LogP contribution in [0, 0.1) is 23.2 Å². The van der Waals surface area contributed by atoms with Gasteiger partial charge in [-0.05, 0) is 107 Å². The van der Waals surface area contributed by atoms with Gasteiger partial charge in [0.2, 0.25) is 0 Å². The Labute approximate surface area is 206 Å². The van der Waals surface area contributed by atoms with Crippen LogP contribution in [0.1, 0.15) is 65.2 Å². The van der Waals surface area contributed by atoms with Crippen molar-refractivity contribution in [1.82, 2.24) is 0 Å². The van der Waals surface area contributed by atoms with Crippen molar-refractivity contribution in [1.29, 1.82) is 0 Å². The molecular formula is C30H42O3S. The maximum Gasteiger partial charge on any atom is 0.0811 e. The summed E-state index contributed by atoms with van der Waals surface area (Å²) >= 11 is 0. The number of aliphatic hydroxyl groups excluding tert-OH is 2. The largest absolute Gasteiger partial charge is 0.393 e. The molecule has 186 valence electrons. The summed E-state index contributed by atoms with van der Waals surface area (Å²) < 4.78 is 13.3. The van der Waals surface area contributed by atoms with Crippen LogP contribution >= 0.6 is 0 Å². The van der Waals surface area contributed by atoms with Crippen molar-refractivity contribution >= 4 is 15.4 Å². The van der Waals surface area contributed by atoms with Gasteiger partial charge in [0.1, 0.15) is 0 Å². The van der Waals surface area contributed by atoms with Gasteiger partial charge in [-0.1, -0.05) is 56.4 Å². The third kappa shape index (κ3) is 5.15. The molecule has 0 radical (unpaired) electrons. The van der Waals surface area contributed by atoms with Crippen LogP contribution in [-0.4, -0.2) is 38.3 Å². The fourth-order valence-electron chi connectivity index (χ4n) is 7.04. The van der Waals surface area contributed by atoms with Gasteiger partial charge in [-0.25, -0.2) is 0 Å². The highest BCUT2D eigenvalue weighted by molar-refractivity contribution is 8.00. The standard InChI is InChI=1S/C30H42O3S/c1-21(16-18-34(4,33)26-10-6-5-7-11-26)27-14-15-28-23(9-8-17-30(27,28)3)12-13-24-19-25(31)20-29(32)22(24)2/h5-7,10-13,21,25,27-29,31-32H,2,4,8-9,14-20H2,1,3H3/b23-12+,24-13-/t21-,25-,27-,28+,29+,30-,34?/m1/s1. The molecule has 3 nitrogen and oxygen atoms in total. The zero-order valence-corrected chi connectivity index (χ0v) is 21.7. The lowest BCUT2D eigenvalue weighted by Gasteiger charge is -2.44. The molecule has 1 aromatic carbocycles. The first kappa shape index (κ1) is 25.5. The highest BCUT2D eigenvalue weighted by Gasteiger charge is 2.50. The van der Waals surface area contributed by atoms with Crippen LogP contribution < -0.4 is 0 Å². The number of rotatable bonds is 6. The van der Waals surface area contributed by atoms with E-state index in [1.54, 1.807) is 0 Å². The molecule has 0 aromatic heterocycles. The summed E-state index contributed by atoms with van der Waals surface area (Å²) in [6.45, 7) is 8.90. The molecule has 1 aromatic rings. The average molecular weight is 483 g/mol. The lowest BCUT2D eigenvalue weighted by atomic mass is 9.61. The van der Waals surface area contributed by atoms with Gasteiger partial charge in [0.15, 0.2) is 0 Å². The van der Waals surface area contributed by atoms with E-state index >= 15 is 0 Å². The number of hydrogen-bond donors (Lipinski definition) is 2. The summed E-state index contributed by atoms with van der Waals surface area (Å²) in [7, 11) is -2.25. The van der Waals surface area contributed by atoms with Gasteiger partial charge < -0.3 is 10.2 Å². The van der Waals surface area contributed by atoms with Crippen molar-refractivity contribution < 1.29 is 14.4 Å². The summed E-state index contributed by atoms with van der Waals surface area (Å²) in [4.78, 5) is 0.869. The van der Waals surface area contributed by atoms with Gasteiger partial charge >= 0.3 is 0 Å². The predicted octanol–water partition coefficient (Wildman–Crippen LogP) is 5.93. The molecule has 0 aliphatic heterocycles. The zero-order chi connectivity index (χ0) is 24.5. The van der Waals surface area contributed by atoms with E-state index in [1.165, 1.54) is 31.3 Å². The Balaban J connectivity index is 1.46. The molecular weight excluding hydrogens is 440 g/mol. The van der Waals surface area contributed by atoms with Gasteiger partial charge in [-0.3, -0.25) is 4.21 Å². The van der Waals surface area contributed by atoms with Crippen molar-refractivity contribution in [2.45, 2.75) is 82.3 Å². The number of hydrogen-bond acceptors (Lipinski definition) is 3. The summed E-state index contributed by atoms with van der Waals surface area (Å²) in [6, 6.07) is 9.74. The molecule has 1 unspecified atom stereocenters. The molecule has 3 saturated carbocycles. The second-order valence-corrected chi connectivity index (χ2v) is 13.8. The maximum absolute atomic E-state index is 13.3. The Hall–Kier alpha value is -1.62. The first-order valence-electron chi connectivity index (χ1n) is 13.0. The predicted molar refractivity (Wildman–Crippen MR) is 143 cm³/mol. The minimum Gasteiger partial charge on any atom is -0.393 e. The fraction of sp³-hybridized carbons (Fsp3) is 0.567. The monoisotopic (exact) mass is 482 g/mol. The lowest BCUT2D eigenvalue weighted by Crippen LogP contribution is -2.36. The second-order valence-electron chi connectivity index (χ2n) is 11.3. The smallest absolute Gasteiger partial charge is 0.0811 e. The molecule has 4 heteroatoms. The summed E-state index contributed by atoms with van der Waals surface area (Å²) in [5, 5.41) is 20.3. The van der Waals surface area contributed by atoms with Crippen LogP contribution in [0.4, 0.5) is 0 Å². The highest BCUT2D eigenvalue weighted by Crippen LogP contribution is 2.59. The van der Waals surface area contributed by atoms with E-state index in [1.807, 2.05) is 30.3 Å². The minimum atomic E-state index is -2.25. The Morgan fingerprint density at radius 2 is 1.94 bits per heavy atom. The molecule has 0 saturated heterocycles. The van der Waals surface area contributed by atoms with E-state index in [9.17, 15) is 14.4 Å². The van der Waals surface area contributed by atoms with Crippen LogP contribution in [0.25, 0.3) is 0 Å². The second kappa shape index (κ2) is 10.2. The van der Waals surface area contributed by atoms with Crippen molar-refractivity contribution in [2.75, 3.05) is 5.75 Å². The van der Waals surface area contributed by atoms with E-state index in [2.05, 4.69) is 38.4 Å². The van der Waals surface area contributed by atoms with E-state index < -0.39 is 21.7 Å². The molecule has 2 N–H and O–H groups in total. The van der Waals surface area contributed by atoms with Crippen LogP contribution in [0.15, 0.2) is 70.7 Å². The van der Waals surface area contributed by atoms with E-state index in [4.69, 9.17) is 0 Å². The van der Waals surface area contributed by atoms with E-state index in [-0.39, 0.29) is 5.41 Å². The molecule has 3 aliphatic carbocycles. The third-order valence-corrected chi connectivity index (χ3v) is 11.1. The summed E-state index contributed by atoms with van der Waals surface area (Å²) in [6.07, 6.45) is 11.2. The normalized spacial score (nSPS) is 36.9. The topological polar surface area (TPSA) is 57.5 Å². The van der Waals surface area contributed by atoms with E-state index in [0.717, 1.165) is 28.9 Å². The molecule has 3 fully saturated rings. The maximum atomic E-state index is 13.3. The first-order chi connectivity index (χ1) is 16.1. The van der Waals surface area contributed by atoms with E-state index in [0.29, 0.717) is 36.3 Å². The molecule has 3 aliphatic rings. The number of aliphatic hydroxyl groups is 2. The number of fused-ring (bicyclic) bond motifs is 1. The van der Waals surface area contributed by atoms with Crippen molar-refractivity contribution in [3.63, 3.8) is 0 Å². The van der Waals surface area contributed by atoms with Crippen molar-refractivity contribution in [3.05, 3.63) is 65.8 Å². The first-order valence-corrected chi connectivity index (χ1v) is 14.9. The Kier molecular flexibility index (Phi) is 7.61. The van der Waals surface area contributed by atoms with Crippen LogP contribution in [0.5, 0.6) is 0 Å². The lowest BCUT2D eigenvalue weighted by molar-refractivity contribution is 0.0861. The minimum absolute atomic E-state index is 0.277. The molecule has 0 spiro atoms. The third-order valence-electron chi connectivity index (χ3n) is 9.06. The highest BCUT2D eigenvalue weighted by atomic mass is 32.2.